The van der Waals surface area contributed by atoms with Gasteiger partial charge in [0.15, 0.2) is 0 Å². The molecule has 0 heterocycles. The number of nitrogens with one attached hydrogen (secondary N) is 1. The van der Waals surface area contributed by atoms with E-state index in [4.69, 9.17) is 5.11 Å². The highest BCUT2D eigenvalue weighted by Gasteiger charge is 2.27. The van der Waals surface area contributed by atoms with Crippen molar-refractivity contribution in [1.82, 2.24) is 10.2 Å². The van der Waals surface area contributed by atoms with Crippen LogP contribution in [0.3, 0.4) is 0 Å². The van der Waals surface area contributed by atoms with Crippen molar-refractivity contribution in [2.45, 2.75) is 52.6 Å². The van der Waals surface area contributed by atoms with Gasteiger partial charge < -0.3 is 15.3 Å². The van der Waals surface area contributed by atoms with Gasteiger partial charge in [-0.1, -0.05) is 33.3 Å². The van der Waals surface area contributed by atoms with Crippen molar-refractivity contribution in [3.8, 4) is 0 Å². The van der Waals surface area contributed by atoms with E-state index in [1.54, 1.807) is 13.1 Å². The number of hydrogen-bond acceptors (Lipinski definition) is 3. The van der Waals surface area contributed by atoms with Crippen LogP contribution >= 0.6 is 0 Å². The Morgan fingerprint density at radius 3 is 2.29 bits per heavy atom. The summed E-state index contributed by atoms with van der Waals surface area (Å²) in [6, 6.07) is -0.904. The number of rotatable bonds is 9. The van der Waals surface area contributed by atoms with E-state index in [0.29, 0.717) is 12.8 Å². The molecule has 0 aliphatic heterocycles. The van der Waals surface area contributed by atoms with Crippen LogP contribution in [0.25, 0.3) is 0 Å². The Balaban J connectivity index is 5.23. The lowest BCUT2D eigenvalue weighted by Gasteiger charge is -2.32. The SMILES string of the molecule is CCC[C@@H](NC=O)C(=O)N(C)[C@H](C=C(C)C(=O)O)C(C)C. The number of carboxylic acids is 1. The molecule has 0 saturated heterocycles. The summed E-state index contributed by atoms with van der Waals surface area (Å²) in [4.78, 5) is 35.5. The van der Waals surface area contributed by atoms with Crippen molar-refractivity contribution in [3.05, 3.63) is 11.6 Å². The van der Waals surface area contributed by atoms with Gasteiger partial charge in [0.1, 0.15) is 6.04 Å². The summed E-state index contributed by atoms with van der Waals surface area (Å²) in [5.41, 5.74) is 0.198. The number of amides is 2. The summed E-state index contributed by atoms with van der Waals surface area (Å²) in [7, 11) is 1.63. The zero-order valence-corrected chi connectivity index (χ0v) is 13.4. The molecule has 21 heavy (non-hydrogen) atoms. The number of hydrogen-bond donors (Lipinski definition) is 2. The molecule has 0 aromatic heterocycles. The molecular formula is C15H26N2O4. The predicted octanol–water partition coefficient (Wildman–Crippen LogP) is 1.42. The molecule has 0 aliphatic rings. The first-order valence-corrected chi connectivity index (χ1v) is 7.14. The van der Waals surface area contributed by atoms with E-state index in [9.17, 15) is 14.4 Å². The third-order valence-electron chi connectivity index (χ3n) is 3.38. The molecule has 6 heteroatoms. The van der Waals surface area contributed by atoms with E-state index < -0.39 is 12.0 Å². The first-order valence-electron chi connectivity index (χ1n) is 7.14. The van der Waals surface area contributed by atoms with Gasteiger partial charge in [-0.05, 0) is 19.3 Å². The Bertz CT molecular complexity index is 404. The number of carbonyl (C=O) groups excluding carboxylic acids is 2. The molecule has 0 unspecified atom stereocenters. The highest BCUT2D eigenvalue weighted by Crippen LogP contribution is 2.15. The summed E-state index contributed by atoms with van der Waals surface area (Å²) in [5.74, 6) is -1.15. The second-order valence-electron chi connectivity index (χ2n) is 5.46. The Kier molecular flexibility index (Phi) is 8.35. The van der Waals surface area contributed by atoms with E-state index in [0.717, 1.165) is 6.42 Å². The van der Waals surface area contributed by atoms with Crippen molar-refractivity contribution < 1.29 is 19.5 Å². The number of aliphatic carboxylic acids is 1. The molecule has 0 bridgehead atoms. The lowest BCUT2D eigenvalue weighted by atomic mass is 9.99. The van der Waals surface area contributed by atoms with Gasteiger partial charge in [-0.3, -0.25) is 9.59 Å². The topological polar surface area (TPSA) is 86.7 Å². The number of carbonyl (C=O) groups is 3. The quantitative estimate of drug-likeness (QED) is 0.498. The average molecular weight is 298 g/mol. The van der Waals surface area contributed by atoms with E-state index in [2.05, 4.69) is 5.32 Å². The number of nitrogens with zero attached hydrogens (tertiary/aromatic N) is 1. The lowest BCUT2D eigenvalue weighted by molar-refractivity contribution is -0.136. The molecule has 0 fully saturated rings. The van der Waals surface area contributed by atoms with Crippen LogP contribution < -0.4 is 5.32 Å². The van der Waals surface area contributed by atoms with Crippen molar-refractivity contribution in [3.63, 3.8) is 0 Å². The third kappa shape index (κ3) is 5.97. The van der Waals surface area contributed by atoms with Gasteiger partial charge in [0.05, 0.1) is 6.04 Å². The average Bonchev–Trinajstić information content (AvgIpc) is 2.42. The van der Waals surface area contributed by atoms with Crippen LogP contribution in [-0.2, 0) is 14.4 Å². The molecule has 0 spiro atoms. The summed E-state index contributed by atoms with van der Waals surface area (Å²) in [6.45, 7) is 7.27. The highest BCUT2D eigenvalue weighted by atomic mass is 16.4. The normalized spacial score (nSPS) is 14.5. The molecule has 0 saturated carbocycles. The van der Waals surface area contributed by atoms with Gasteiger partial charge in [-0.2, -0.15) is 0 Å². The van der Waals surface area contributed by atoms with Crippen LogP contribution in [0.5, 0.6) is 0 Å². The van der Waals surface area contributed by atoms with Gasteiger partial charge in [0.25, 0.3) is 0 Å². The molecule has 6 nitrogen and oxygen atoms in total. The maximum Gasteiger partial charge on any atom is 0.331 e. The summed E-state index contributed by atoms with van der Waals surface area (Å²) < 4.78 is 0. The zero-order chi connectivity index (χ0) is 16.6. The number of carboxylic acid groups (broad SMARTS) is 1. The van der Waals surface area contributed by atoms with Crippen LogP contribution in [0.2, 0.25) is 0 Å². The third-order valence-corrected chi connectivity index (χ3v) is 3.38. The molecule has 0 rings (SSSR count). The molecule has 120 valence electrons. The van der Waals surface area contributed by atoms with Crippen LogP contribution in [0.1, 0.15) is 40.5 Å². The Labute approximate surface area is 126 Å². The van der Waals surface area contributed by atoms with E-state index >= 15 is 0 Å². The molecule has 0 radical (unpaired) electrons. The van der Waals surface area contributed by atoms with Gasteiger partial charge in [0, 0.05) is 12.6 Å². The standard InChI is InChI=1S/C15H26N2O4/c1-6-7-12(16-9-18)14(19)17(5)13(10(2)3)8-11(4)15(20)21/h8-10,12-13H,6-7H2,1-5H3,(H,16,18)(H,20,21)/t12-,13-/m1/s1. The van der Waals surface area contributed by atoms with Crippen LogP contribution in [0.4, 0.5) is 0 Å². The molecule has 2 atom stereocenters. The fraction of sp³-hybridized carbons (Fsp3) is 0.667. The second-order valence-corrected chi connectivity index (χ2v) is 5.46. The summed E-state index contributed by atoms with van der Waals surface area (Å²) >= 11 is 0. The summed E-state index contributed by atoms with van der Waals surface area (Å²) in [5, 5.41) is 11.5. The van der Waals surface area contributed by atoms with Gasteiger partial charge >= 0.3 is 5.97 Å². The zero-order valence-electron chi connectivity index (χ0n) is 13.4. The van der Waals surface area contributed by atoms with Crippen molar-refractivity contribution >= 4 is 18.3 Å². The monoisotopic (exact) mass is 298 g/mol. The van der Waals surface area contributed by atoms with Crippen LogP contribution in [0.15, 0.2) is 11.6 Å². The molecule has 0 aliphatic carbocycles. The van der Waals surface area contributed by atoms with Crippen LogP contribution in [0, 0.1) is 5.92 Å². The maximum absolute atomic E-state index is 12.4. The van der Waals surface area contributed by atoms with Gasteiger partial charge in [0.2, 0.25) is 12.3 Å². The fourth-order valence-electron chi connectivity index (χ4n) is 2.12. The smallest absolute Gasteiger partial charge is 0.331 e. The molecule has 0 aromatic rings. The van der Waals surface area contributed by atoms with E-state index in [1.165, 1.54) is 11.8 Å². The maximum atomic E-state index is 12.4. The molecule has 2 amide bonds. The fourth-order valence-corrected chi connectivity index (χ4v) is 2.12. The predicted molar refractivity (Wildman–Crippen MR) is 80.7 cm³/mol. The first-order chi connectivity index (χ1) is 9.76. The van der Waals surface area contributed by atoms with E-state index in [-0.39, 0.29) is 23.4 Å². The molecule has 2 N–H and O–H groups in total. The Morgan fingerprint density at radius 1 is 1.33 bits per heavy atom. The highest BCUT2D eigenvalue weighted by molar-refractivity contribution is 5.87. The largest absolute Gasteiger partial charge is 0.478 e. The Morgan fingerprint density at radius 2 is 1.90 bits per heavy atom. The minimum absolute atomic E-state index is 0.0618. The lowest BCUT2D eigenvalue weighted by Crippen LogP contribution is -2.49. The van der Waals surface area contributed by atoms with Crippen LogP contribution in [-0.4, -0.2) is 47.4 Å². The van der Waals surface area contributed by atoms with Crippen molar-refractivity contribution in [2.75, 3.05) is 7.05 Å². The number of likely N-dealkylation sites (N-methyl/N-ethyl adjacent to an activating group) is 1. The Hall–Kier alpha value is -1.85. The van der Waals surface area contributed by atoms with E-state index in [1.807, 2.05) is 20.8 Å². The molecular weight excluding hydrogens is 272 g/mol. The van der Waals surface area contributed by atoms with Gasteiger partial charge in [-0.15, -0.1) is 0 Å². The van der Waals surface area contributed by atoms with Gasteiger partial charge in [-0.25, -0.2) is 4.79 Å². The van der Waals surface area contributed by atoms with Crippen molar-refractivity contribution in [2.24, 2.45) is 5.92 Å². The minimum Gasteiger partial charge on any atom is -0.478 e. The molecule has 0 aromatic carbocycles. The minimum atomic E-state index is -1.00. The summed E-state index contributed by atoms with van der Waals surface area (Å²) in [6.07, 6.45) is 3.42. The van der Waals surface area contributed by atoms with Crippen molar-refractivity contribution in [1.29, 1.82) is 0 Å². The first kappa shape index (κ1) is 19.1. The second kappa shape index (κ2) is 9.15.